The van der Waals surface area contributed by atoms with Crippen molar-refractivity contribution in [2.45, 2.75) is 0 Å². The fraction of sp³-hybridized carbons (Fsp3) is 0. The molecule has 0 aliphatic heterocycles. The van der Waals surface area contributed by atoms with E-state index in [0.717, 1.165) is 76.7 Å². The average Bonchev–Trinajstić information content (AvgIpc) is 3.68. The van der Waals surface area contributed by atoms with Crippen LogP contribution in [0.2, 0.25) is 0 Å². The highest BCUT2D eigenvalue weighted by Gasteiger charge is 2.20. The predicted molar refractivity (Wildman–Crippen MR) is 186 cm³/mol. The third-order valence-electron chi connectivity index (χ3n) is 8.89. The minimum atomic E-state index is 0.548. The van der Waals surface area contributed by atoms with E-state index >= 15 is 0 Å². The van der Waals surface area contributed by atoms with Crippen LogP contribution in [0, 0.1) is 0 Å². The number of hydrogen-bond acceptors (Lipinski definition) is 5. The first-order valence-electron chi connectivity index (χ1n) is 15.3. The first-order valence-corrected chi connectivity index (χ1v) is 15.3. The molecule has 3 aromatic heterocycles. The molecule has 7 aromatic carbocycles. The van der Waals surface area contributed by atoms with Gasteiger partial charge in [0.05, 0.1) is 5.56 Å². The average molecular weight is 590 g/mol. The smallest absolute Gasteiger partial charge is 0.167 e. The lowest BCUT2D eigenvalue weighted by atomic mass is 10.0. The Bertz CT molecular complexity index is 2830. The first kappa shape index (κ1) is 25.0. The van der Waals surface area contributed by atoms with Gasteiger partial charge in [0.15, 0.2) is 17.5 Å². The Morgan fingerprint density at radius 2 is 1.00 bits per heavy atom. The fourth-order valence-corrected chi connectivity index (χ4v) is 6.69. The molecule has 0 amide bonds. The molecule has 10 aromatic rings. The van der Waals surface area contributed by atoms with Crippen molar-refractivity contribution in [3.05, 3.63) is 140 Å². The van der Waals surface area contributed by atoms with E-state index in [0.29, 0.717) is 17.5 Å². The zero-order chi connectivity index (χ0) is 30.2. The van der Waals surface area contributed by atoms with E-state index in [-0.39, 0.29) is 0 Å². The lowest BCUT2D eigenvalue weighted by Crippen LogP contribution is -2.00. The van der Waals surface area contributed by atoms with E-state index in [9.17, 15) is 0 Å². The summed E-state index contributed by atoms with van der Waals surface area (Å²) in [6.07, 6.45) is 0. The van der Waals surface area contributed by atoms with Gasteiger partial charge in [-0.3, -0.25) is 0 Å². The van der Waals surface area contributed by atoms with Gasteiger partial charge < -0.3 is 8.83 Å². The largest absolute Gasteiger partial charge is 0.456 e. The molecule has 5 heteroatoms. The van der Waals surface area contributed by atoms with E-state index in [1.54, 1.807) is 0 Å². The van der Waals surface area contributed by atoms with E-state index < -0.39 is 0 Å². The molecule has 0 radical (unpaired) electrons. The summed E-state index contributed by atoms with van der Waals surface area (Å²) in [5.41, 5.74) is 5.81. The molecule has 0 saturated carbocycles. The second-order valence-corrected chi connectivity index (χ2v) is 11.6. The van der Waals surface area contributed by atoms with Crippen LogP contribution in [0.25, 0.3) is 99.6 Å². The van der Waals surface area contributed by atoms with Gasteiger partial charge in [0.1, 0.15) is 22.3 Å². The maximum Gasteiger partial charge on any atom is 0.167 e. The van der Waals surface area contributed by atoms with Crippen molar-refractivity contribution in [3.63, 3.8) is 0 Å². The molecule has 3 heterocycles. The molecular formula is C41H23N3O2. The van der Waals surface area contributed by atoms with E-state index in [4.69, 9.17) is 23.8 Å². The summed E-state index contributed by atoms with van der Waals surface area (Å²) in [7, 11) is 0. The number of rotatable bonds is 3. The molecule has 0 N–H and O–H groups in total. The second-order valence-electron chi connectivity index (χ2n) is 11.6. The van der Waals surface area contributed by atoms with Crippen molar-refractivity contribution >= 4 is 65.4 Å². The number of para-hydroxylation sites is 2. The summed E-state index contributed by atoms with van der Waals surface area (Å²) in [6.45, 7) is 0. The molecular weight excluding hydrogens is 566 g/mol. The summed E-state index contributed by atoms with van der Waals surface area (Å²) in [4.78, 5) is 15.4. The Balaban J connectivity index is 1.26. The van der Waals surface area contributed by atoms with Crippen LogP contribution in [-0.2, 0) is 0 Å². The molecule has 5 nitrogen and oxygen atoms in total. The van der Waals surface area contributed by atoms with Gasteiger partial charge in [-0.15, -0.1) is 0 Å². The molecule has 0 saturated heterocycles. The summed E-state index contributed by atoms with van der Waals surface area (Å²) < 4.78 is 12.8. The van der Waals surface area contributed by atoms with Crippen LogP contribution in [0.3, 0.4) is 0 Å². The second kappa shape index (κ2) is 9.58. The van der Waals surface area contributed by atoms with Crippen molar-refractivity contribution in [2.75, 3.05) is 0 Å². The number of aromatic nitrogens is 3. The topological polar surface area (TPSA) is 65.0 Å². The molecule has 0 atom stereocenters. The van der Waals surface area contributed by atoms with Crippen molar-refractivity contribution in [2.24, 2.45) is 0 Å². The summed E-state index contributed by atoms with van der Waals surface area (Å²) >= 11 is 0. The SMILES string of the molecule is c1ccc2cc(-c3nc(-c4cccc5c4oc4cc6ccccc6cc45)nc(-c4cccc5oc6ccccc6c45)n3)ccc2c1. The molecule has 0 aliphatic rings. The maximum absolute atomic E-state index is 6.60. The van der Waals surface area contributed by atoms with Gasteiger partial charge in [0.2, 0.25) is 0 Å². The van der Waals surface area contributed by atoms with E-state index in [1.165, 1.54) is 5.39 Å². The van der Waals surface area contributed by atoms with E-state index in [2.05, 4.69) is 78.9 Å². The van der Waals surface area contributed by atoms with Gasteiger partial charge >= 0.3 is 0 Å². The molecule has 0 fully saturated rings. The van der Waals surface area contributed by atoms with Gasteiger partial charge in [0, 0.05) is 32.7 Å². The number of fused-ring (bicyclic) bond motifs is 8. The fourth-order valence-electron chi connectivity index (χ4n) is 6.69. The van der Waals surface area contributed by atoms with Crippen LogP contribution in [0.5, 0.6) is 0 Å². The van der Waals surface area contributed by atoms with Crippen LogP contribution >= 0.6 is 0 Å². The number of benzene rings is 7. The monoisotopic (exact) mass is 589 g/mol. The molecule has 0 bridgehead atoms. The lowest BCUT2D eigenvalue weighted by molar-refractivity contribution is 0.669. The highest BCUT2D eigenvalue weighted by Crippen LogP contribution is 2.39. The molecule has 10 rings (SSSR count). The third kappa shape index (κ3) is 3.79. The van der Waals surface area contributed by atoms with Crippen molar-refractivity contribution in [1.82, 2.24) is 15.0 Å². The standard InChI is InChI=1S/C41H23N3O2/c1-2-10-25-21-28(20-19-24(25)9-1)39-42-40(31-15-8-18-35-37(31)30-13-5-6-17-34(30)45-35)44-41(43-39)32-16-7-14-29-33-22-26-11-3-4-12-27(26)23-36(33)46-38(29)32/h1-23H. The Kier molecular flexibility index (Phi) is 5.22. The maximum atomic E-state index is 6.60. The van der Waals surface area contributed by atoms with Crippen molar-refractivity contribution in [1.29, 1.82) is 0 Å². The zero-order valence-electron chi connectivity index (χ0n) is 24.4. The highest BCUT2D eigenvalue weighted by molar-refractivity contribution is 6.14. The highest BCUT2D eigenvalue weighted by atomic mass is 16.3. The molecule has 0 spiro atoms. The van der Waals surface area contributed by atoms with Gasteiger partial charge in [-0.1, -0.05) is 103 Å². The Morgan fingerprint density at radius 1 is 0.370 bits per heavy atom. The first-order chi connectivity index (χ1) is 22.8. The van der Waals surface area contributed by atoms with Crippen LogP contribution in [-0.4, -0.2) is 15.0 Å². The Hall–Kier alpha value is -6.33. The lowest BCUT2D eigenvalue weighted by Gasteiger charge is -2.10. The number of furan rings is 2. The third-order valence-corrected chi connectivity index (χ3v) is 8.89. The van der Waals surface area contributed by atoms with Crippen LogP contribution in [0.4, 0.5) is 0 Å². The number of nitrogens with zero attached hydrogens (tertiary/aromatic N) is 3. The van der Waals surface area contributed by atoms with Gasteiger partial charge in [0.25, 0.3) is 0 Å². The van der Waals surface area contributed by atoms with Gasteiger partial charge in [-0.2, -0.15) is 0 Å². The summed E-state index contributed by atoms with van der Waals surface area (Å²) in [5.74, 6) is 1.71. The quantitative estimate of drug-likeness (QED) is 0.205. The number of hydrogen-bond donors (Lipinski definition) is 0. The van der Waals surface area contributed by atoms with Crippen LogP contribution in [0.15, 0.2) is 148 Å². The molecule has 0 unspecified atom stereocenters. The van der Waals surface area contributed by atoms with Crippen LogP contribution in [0.1, 0.15) is 0 Å². The minimum absolute atomic E-state index is 0.548. The predicted octanol–water partition coefficient (Wildman–Crippen LogP) is 11.0. The van der Waals surface area contributed by atoms with Crippen LogP contribution < -0.4 is 0 Å². The molecule has 46 heavy (non-hydrogen) atoms. The molecule has 0 aliphatic carbocycles. The van der Waals surface area contributed by atoms with Gasteiger partial charge in [-0.25, -0.2) is 15.0 Å². The Morgan fingerprint density at radius 3 is 1.87 bits per heavy atom. The molecule has 214 valence electrons. The minimum Gasteiger partial charge on any atom is -0.456 e. The summed E-state index contributed by atoms with van der Waals surface area (Å²) in [6, 6.07) is 47.6. The summed E-state index contributed by atoms with van der Waals surface area (Å²) in [5, 5.41) is 8.68. The van der Waals surface area contributed by atoms with E-state index in [1.807, 2.05) is 60.7 Å². The van der Waals surface area contributed by atoms with Gasteiger partial charge in [-0.05, 0) is 57.9 Å². The van der Waals surface area contributed by atoms with Crippen molar-refractivity contribution in [3.8, 4) is 34.2 Å². The zero-order valence-corrected chi connectivity index (χ0v) is 24.4. The van der Waals surface area contributed by atoms with Crippen molar-refractivity contribution < 1.29 is 8.83 Å². The normalized spacial score (nSPS) is 11.9. The Labute approximate surface area is 262 Å².